The first-order valence-electron chi connectivity index (χ1n) is 8.20. The summed E-state index contributed by atoms with van der Waals surface area (Å²) < 4.78 is 34.4. The van der Waals surface area contributed by atoms with Crippen molar-refractivity contribution in [3.8, 4) is 11.5 Å². The van der Waals surface area contributed by atoms with E-state index in [0.717, 1.165) is 18.7 Å². The highest BCUT2D eigenvalue weighted by molar-refractivity contribution is 6.04. The molecule has 26 heavy (non-hydrogen) atoms. The van der Waals surface area contributed by atoms with Crippen molar-refractivity contribution in [1.82, 2.24) is 0 Å². The fourth-order valence-electron chi connectivity index (χ4n) is 2.48. The Labute approximate surface area is 151 Å². The Hall–Kier alpha value is -2.83. The van der Waals surface area contributed by atoms with Gasteiger partial charge in [0.1, 0.15) is 0 Å². The Morgan fingerprint density at radius 3 is 2.42 bits per heavy atom. The van der Waals surface area contributed by atoms with Crippen LogP contribution in [0.1, 0.15) is 23.7 Å². The minimum atomic E-state index is -2.98. The standard InChI is InChI=1S/C19H22F2N2O3/c1-4-11-23(2)15-8-5-13(6-9-15)18(24)22-14-7-10-16(25-3)17(12-14)26-19(20)21/h5-10,12,19H,4,11H2,1-3H3,(H,22,24). The third kappa shape index (κ3) is 5.08. The molecule has 5 nitrogen and oxygen atoms in total. The van der Waals surface area contributed by atoms with E-state index in [9.17, 15) is 13.6 Å². The molecule has 2 aromatic carbocycles. The summed E-state index contributed by atoms with van der Waals surface area (Å²) in [7, 11) is 3.34. The Bertz CT molecular complexity index is 736. The summed E-state index contributed by atoms with van der Waals surface area (Å²) in [6, 6.07) is 11.5. The van der Waals surface area contributed by atoms with Gasteiger partial charge in [-0.15, -0.1) is 0 Å². The van der Waals surface area contributed by atoms with Crippen LogP contribution in [0.15, 0.2) is 42.5 Å². The third-order valence-corrected chi connectivity index (χ3v) is 3.77. The Morgan fingerprint density at radius 2 is 1.85 bits per heavy atom. The number of hydrogen-bond acceptors (Lipinski definition) is 4. The lowest BCUT2D eigenvalue weighted by atomic mass is 10.1. The fraction of sp³-hybridized carbons (Fsp3) is 0.316. The van der Waals surface area contributed by atoms with Crippen LogP contribution in [0, 0.1) is 0 Å². The van der Waals surface area contributed by atoms with Crippen LogP contribution >= 0.6 is 0 Å². The molecular formula is C19H22F2N2O3. The number of carbonyl (C=O) groups excluding carboxylic acids is 1. The lowest BCUT2D eigenvalue weighted by Crippen LogP contribution is -2.18. The molecular weight excluding hydrogens is 342 g/mol. The van der Waals surface area contributed by atoms with Gasteiger partial charge in [-0.2, -0.15) is 8.78 Å². The smallest absolute Gasteiger partial charge is 0.387 e. The zero-order chi connectivity index (χ0) is 19.1. The Balaban J connectivity index is 2.11. The van der Waals surface area contributed by atoms with E-state index in [1.807, 2.05) is 19.2 Å². The number of alkyl halides is 2. The van der Waals surface area contributed by atoms with E-state index in [1.54, 1.807) is 18.2 Å². The van der Waals surface area contributed by atoms with Gasteiger partial charge in [-0.05, 0) is 42.8 Å². The number of anilines is 2. The van der Waals surface area contributed by atoms with E-state index in [4.69, 9.17) is 4.74 Å². The first-order chi connectivity index (χ1) is 12.4. The molecule has 0 spiro atoms. The summed E-state index contributed by atoms with van der Waals surface area (Å²) >= 11 is 0. The maximum atomic E-state index is 12.5. The van der Waals surface area contributed by atoms with E-state index in [1.165, 1.54) is 19.2 Å². The van der Waals surface area contributed by atoms with E-state index in [2.05, 4.69) is 21.9 Å². The monoisotopic (exact) mass is 364 g/mol. The number of halogens is 2. The molecule has 1 amide bonds. The molecule has 0 saturated carbocycles. The van der Waals surface area contributed by atoms with Gasteiger partial charge in [0.2, 0.25) is 0 Å². The van der Waals surface area contributed by atoms with Crippen LogP contribution in [0.3, 0.4) is 0 Å². The zero-order valence-electron chi connectivity index (χ0n) is 15.0. The average molecular weight is 364 g/mol. The van der Waals surface area contributed by atoms with Gasteiger partial charge in [0.05, 0.1) is 7.11 Å². The third-order valence-electron chi connectivity index (χ3n) is 3.77. The van der Waals surface area contributed by atoms with Gasteiger partial charge in [0, 0.05) is 36.6 Å². The number of benzene rings is 2. The number of methoxy groups -OCH3 is 1. The topological polar surface area (TPSA) is 50.8 Å². The normalized spacial score (nSPS) is 10.5. The summed E-state index contributed by atoms with van der Waals surface area (Å²) in [5.74, 6) is -0.327. The van der Waals surface area contributed by atoms with Crippen molar-refractivity contribution >= 4 is 17.3 Å². The van der Waals surface area contributed by atoms with Crippen LogP contribution in [0.25, 0.3) is 0 Å². The average Bonchev–Trinajstić information content (AvgIpc) is 2.62. The van der Waals surface area contributed by atoms with Crippen molar-refractivity contribution in [2.75, 3.05) is 30.9 Å². The molecule has 2 rings (SSSR count). The largest absolute Gasteiger partial charge is 0.493 e. The number of ether oxygens (including phenoxy) is 2. The summed E-state index contributed by atoms with van der Waals surface area (Å²) in [4.78, 5) is 14.5. The molecule has 0 aliphatic carbocycles. The molecule has 140 valence electrons. The minimum absolute atomic E-state index is 0.142. The van der Waals surface area contributed by atoms with E-state index in [0.29, 0.717) is 11.3 Å². The van der Waals surface area contributed by atoms with E-state index >= 15 is 0 Å². The van der Waals surface area contributed by atoms with E-state index in [-0.39, 0.29) is 17.4 Å². The number of hydrogen-bond donors (Lipinski definition) is 1. The summed E-state index contributed by atoms with van der Waals surface area (Å²) in [6.45, 7) is 0.0336. The van der Waals surface area contributed by atoms with Crippen molar-refractivity contribution < 1.29 is 23.0 Å². The number of rotatable bonds is 8. The highest BCUT2D eigenvalue weighted by atomic mass is 19.3. The molecule has 0 unspecified atom stereocenters. The van der Waals surface area contributed by atoms with Crippen LogP contribution in [-0.4, -0.2) is 33.2 Å². The Morgan fingerprint density at radius 1 is 1.15 bits per heavy atom. The quantitative estimate of drug-likeness (QED) is 0.755. The predicted octanol–water partition coefficient (Wildman–Crippen LogP) is 4.40. The Kier molecular flexibility index (Phi) is 6.77. The summed E-state index contributed by atoms with van der Waals surface area (Å²) in [6.07, 6.45) is 1.03. The lowest BCUT2D eigenvalue weighted by molar-refractivity contribution is -0.0511. The molecule has 7 heteroatoms. The molecule has 0 aromatic heterocycles. The summed E-state index contributed by atoms with van der Waals surface area (Å²) in [5, 5.41) is 2.66. The van der Waals surface area contributed by atoms with E-state index < -0.39 is 6.61 Å². The highest BCUT2D eigenvalue weighted by Crippen LogP contribution is 2.31. The highest BCUT2D eigenvalue weighted by Gasteiger charge is 2.13. The van der Waals surface area contributed by atoms with Gasteiger partial charge in [0.15, 0.2) is 11.5 Å². The second-order valence-electron chi connectivity index (χ2n) is 5.67. The second-order valence-corrected chi connectivity index (χ2v) is 5.67. The maximum Gasteiger partial charge on any atom is 0.387 e. The molecule has 0 atom stereocenters. The van der Waals surface area contributed by atoms with Crippen molar-refractivity contribution in [2.24, 2.45) is 0 Å². The van der Waals surface area contributed by atoms with Gasteiger partial charge >= 0.3 is 6.61 Å². The van der Waals surface area contributed by atoms with Crippen LogP contribution in [0.5, 0.6) is 11.5 Å². The molecule has 2 aromatic rings. The molecule has 0 bridgehead atoms. The van der Waals surface area contributed by atoms with Crippen LogP contribution < -0.4 is 19.7 Å². The van der Waals surface area contributed by atoms with Gasteiger partial charge in [-0.25, -0.2) is 0 Å². The predicted molar refractivity (Wildman–Crippen MR) is 97.6 cm³/mol. The van der Waals surface area contributed by atoms with Gasteiger partial charge in [0.25, 0.3) is 5.91 Å². The van der Waals surface area contributed by atoms with Crippen LogP contribution in [0.4, 0.5) is 20.2 Å². The summed E-state index contributed by atoms with van der Waals surface area (Å²) in [5.41, 5.74) is 1.81. The van der Waals surface area contributed by atoms with Crippen LogP contribution in [0.2, 0.25) is 0 Å². The van der Waals surface area contributed by atoms with Crippen molar-refractivity contribution in [2.45, 2.75) is 20.0 Å². The first-order valence-corrected chi connectivity index (χ1v) is 8.20. The molecule has 1 N–H and O–H groups in total. The van der Waals surface area contributed by atoms with Gasteiger partial charge in [-0.3, -0.25) is 4.79 Å². The molecule has 0 saturated heterocycles. The van der Waals surface area contributed by atoms with Gasteiger partial charge in [-0.1, -0.05) is 6.92 Å². The van der Waals surface area contributed by atoms with Crippen molar-refractivity contribution in [3.63, 3.8) is 0 Å². The minimum Gasteiger partial charge on any atom is -0.493 e. The van der Waals surface area contributed by atoms with Crippen LogP contribution in [-0.2, 0) is 0 Å². The lowest BCUT2D eigenvalue weighted by Gasteiger charge is -2.18. The molecule has 0 fully saturated rings. The zero-order valence-corrected chi connectivity index (χ0v) is 15.0. The number of nitrogens with zero attached hydrogens (tertiary/aromatic N) is 1. The maximum absolute atomic E-state index is 12.5. The van der Waals surface area contributed by atoms with Crippen molar-refractivity contribution in [1.29, 1.82) is 0 Å². The molecule has 0 heterocycles. The van der Waals surface area contributed by atoms with Gasteiger partial charge < -0.3 is 19.7 Å². The van der Waals surface area contributed by atoms with Crippen molar-refractivity contribution in [3.05, 3.63) is 48.0 Å². The number of amides is 1. The number of carbonyl (C=O) groups is 1. The molecule has 0 aliphatic rings. The number of nitrogens with one attached hydrogen (secondary N) is 1. The second kappa shape index (κ2) is 9.03. The molecule has 0 radical (unpaired) electrons. The molecule has 0 aliphatic heterocycles. The fourth-order valence-corrected chi connectivity index (χ4v) is 2.48. The SMILES string of the molecule is CCCN(C)c1ccc(C(=O)Nc2ccc(OC)c(OC(F)F)c2)cc1. The first kappa shape index (κ1) is 19.5.